The average Bonchev–Trinajstić information content (AvgIpc) is 2.23. The molecule has 1 aromatic carbocycles. The van der Waals surface area contributed by atoms with Crippen LogP contribution in [-0.4, -0.2) is 0 Å². The van der Waals surface area contributed by atoms with Crippen LogP contribution in [0.1, 0.15) is 18.9 Å². The maximum atomic E-state index is 8.96. The van der Waals surface area contributed by atoms with Crippen LogP contribution in [0.3, 0.4) is 0 Å². The number of hydrogen-bond acceptors (Lipinski definition) is 2. The third-order valence-corrected chi connectivity index (χ3v) is 2.18. The fourth-order valence-corrected chi connectivity index (χ4v) is 1.24. The van der Waals surface area contributed by atoms with E-state index in [9.17, 15) is 0 Å². The molecule has 2 nitrogen and oxygen atoms in total. The van der Waals surface area contributed by atoms with Gasteiger partial charge < -0.3 is 0 Å². The monoisotopic (exact) mass is 170 g/mol. The van der Waals surface area contributed by atoms with Crippen molar-refractivity contribution in [1.29, 1.82) is 10.5 Å². The van der Waals surface area contributed by atoms with Gasteiger partial charge in [0.25, 0.3) is 0 Å². The van der Waals surface area contributed by atoms with E-state index in [2.05, 4.69) is 12.1 Å². The number of hydrogen-bond donors (Lipinski definition) is 0. The van der Waals surface area contributed by atoms with Gasteiger partial charge >= 0.3 is 0 Å². The molecule has 0 aliphatic heterocycles. The van der Waals surface area contributed by atoms with Crippen molar-refractivity contribution in [2.75, 3.05) is 0 Å². The van der Waals surface area contributed by atoms with Gasteiger partial charge in [0.15, 0.2) is 5.41 Å². The van der Waals surface area contributed by atoms with E-state index in [4.69, 9.17) is 10.5 Å². The largest absolute Gasteiger partial charge is 0.196 e. The zero-order valence-electron chi connectivity index (χ0n) is 7.49. The maximum absolute atomic E-state index is 8.96. The third kappa shape index (κ3) is 1.53. The molecule has 0 bridgehead atoms. The van der Waals surface area contributed by atoms with Crippen molar-refractivity contribution >= 4 is 0 Å². The number of rotatable bonds is 2. The maximum Gasteiger partial charge on any atom is 0.168 e. The molecule has 0 saturated heterocycles. The molecule has 0 amide bonds. The van der Waals surface area contributed by atoms with Gasteiger partial charge in [-0.15, -0.1) is 0 Å². The van der Waals surface area contributed by atoms with Crippen LogP contribution in [-0.2, 0) is 5.41 Å². The molecule has 0 heterocycles. The number of nitrogens with zero attached hydrogens (tertiary/aromatic N) is 2. The SMILES string of the molecule is CCC(C#N)(C#N)c1ccccc1. The fraction of sp³-hybridized carbons (Fsp3) is 0.273. The normalized spacial score (nSPS) is 10.1. The highest BCUT2D eigenvalue weighted by Gasteiger charge is 2.29. The lowest BCUT2D eigenvalue weighted by Gasteiger charge is -2.15. The van der Waals surface area contributed by atoms with Crippen molar-refractivity contribution in [2.45, 2.75) is 18.8 Å². The van der Waals surface area contributed by atoms with Crippen LogP contribution in [0.4, 0.5) is 0 Å². The number of nitriles is 2. The minimum absolute atomic E-state index is 0.518. The zero-order valence-corrected chi connectivity index (χ0v) is 7.49. The van der Waals surface area contributed by atoms with Gasteiger partial charge in [-0.05, 0) is 12.0 Å². The van der Waals surface area contributed by atoms with E-state index in [0.717, 1.165) is 5.56 Å². The van der Waals surface area contributed by atoms with Crippen molar-refractivity contribution in [3.8, 4) is 12.1 Å². The Bertz CT molecular complexity index is 340. The van der Waals surface area contributed by atoms with Gasteiger partial charge in [0.05, 0.1) is 12.1 Å². The Balaban J connectivity index is 3.21. The van der Waals surface area contributed by atoms with Crippen LogP contribution in [0.25, 0.3) is 0 Å². The molecule has 0 spiro atoms. The summed E-state index contributed by atoms with van der Waals surface area (Å²) in [6.07, 6.45) is 0.518. The first-order chi connectivity index (χ1) is 6.29. The van der Waals surface area contributed by atoms with Crippen molar-refractivity contribution in [2.24, 2.45) is 0 Å². The highest BCUT2D eigenvalue weighted by molar-refractivity contribution is 5.39. The topological polar surface area (TPSA) is 47.6 Å². The molecule has 0 aliphatic rings. The summed E-state index contributed by atoms with van der Waals surface area (Å²) in [6.45, 7) is 1.85. The molecule has 13 heavy (non-hydrogen) atoms. The van der Waals surface area contributed by atoms with Crippen LogP contribution < -0.4 is 0 Å². The minimum Gasteiger partial charge on any atom is -0.196 e. The van der Waals surface area contributed by atoms with E-state index in [0.29, 0.717) is 6.42 Å². The van der Waals surface area contributed by atoms with Gasteiger partial charge in [0.2, 0.25) is 0 Å². The molecule has 0 atom stereocenters. The Morgan fingerprint density at radius 1 is 1.15 bits per heavy atom. The summed E-state index contributed by atoms with van der Waals surface area (Å²) in [5, 5.41) is 17.9. The van der Waals surface area contributed by atoms with Crippen molar-refractivity contribution in [1.82, 2.24) is 0 Å². The van der Waals surface area contributed by atoms with E-state index >= 15 is 0 Å². The van der Waals surface area contributed by atoms with E-state index in [-0.39, 0.29) is 0 Å². The predicted octanol–water partition coefficient (Wildman–Crippen LogP) is 2.38. The first-order valence-electron chi connectivity index (χ1n) is 4.17. The Kier molecular flexibility index (Phi) is 2.67. The average molecular weight is 170 g/mol. The lowest BCUT2D eigenvalue weighted by atomic mass is 9.81. The van der Waals surface area contributed by atoms with Gasteiger partial charge in [-0.25, -0.2) is 0 Å². The lowest BCUT2D eigenvalue weighted by Crippen LogP contribution is -2.20. The van der Waals surface area contributed by atoms with E-state index in [1.807, 2.05) is 37.3 Å². The predicted molar refractivity (Wildman–Crippen MR) is 49.6 cm³/mol. The molecule has 0 fully saturated rings. The molecule has 64 valence electrons. The summed E-state index contributed by atoms with van der Waals surface area (Å²) < 4.78 is 0. The molecular formula is C11H10N2. The Morgan fingerprint density at radius 3 is 2.08 bits per heavy atom. The van der Waals surface area contributed by atoms with Gasteiger partial charge in [0, 0.05) is 0 Å². The van der Waals surface area contributed by atoms with Gasteiger partial charge in [-0.2, -0.15) is 10.5 Å². The van der Waals surface area contributed by atoms with E-state index in [1.165, 1.54) is 0 Å². The summed E-state index contributed by atoms with van der Waals surface area (Å²) in [5.41, 5.74) is -0.191. The molecule has 0 aromatic heterocycles. The number of benzene rings is 1. The van der Waals surface area contributed by atoms with Crippen molar-refractivity contribution in [3.63, 3.8) is 0 Å². The summed E-state index contributed by atoms with van der Waals surface area (Å²) in [7, 11) is 0. The quantitative estimate of drug-likeness (QED) is 0.684. The molecule has 1 rings (SSSR count). The van der Waals surface area contributed by atoms with Gasteiger partial charge in [-0.1, -0.05) is 37.3 Å². The molecule has 0 aliphatic carbocycles. The molecule has 0 N–H and O–H groups in total. The highest BCUT2D eigenvalue weighted by atomic mass is 14.4. The Hall–Kier alpha value is -1.80. The van der Waals surface area contributed by atoms with Gasteiger partial charge in [0.1, 0.15) is 0 Å². The van der Waals surface area contributed by atoms with Gasteiger partial charge in [-0.3, -0.25) is 0 Å². The molecular weight excluding hydrogens is 160 g/mol. The second-order valence-corrected chi connectivity index (χ2v) is 2.85. The lowest BCUT2D eigenvalue weighted by molar-refractivity contribution is 0.672. The summed E-state index contributed by atoms with van der Waals surface area (Å²) in [4.78, 5) is 0. The summed E-state index contributed by atoms with van der Waals surface area (Å²) in [5.74, 6) is 0. The Labute approximate surface area is 78.0 Å². The summed E-state index contributed by atoms with van der Waals surface area (Å²) in [6, 6.07) is 13.3. The zero-order chi connectivity index (χ0) is 9.73. The van der Waals surface area contributed by atoms with Crippen LogP contribution in [0.5, 0.6) is 0 Å². The molecule has 0 saturated carbocycles. The first-order valence-corrected chi connectivity index (χ1v) is 4.17. The standard InChI is InChI=1S/C11H10N2/c1-2-11(8-12,9-13)10-6-4-3-5-7-10/h3-7H,2H2,1H3. The highest BCUT2D eigenvalue weighted by Crippen LogP contribution is 2.25. The van der Waals surface area contributed by atoms with Crippen LogP contribution >= 0.6 is 0 Å². The van der Waals surface area contributed by atoms with Crippen LogP contribution in [0.15, 0.2) is 30.3 Å². The van der Waals surface area contributed by atoms with Crippen LogP contribution in [0, 0.1) is 22.7 Å². The third-order valence-electron chi connectivity index (χ3n) is 2.18. The summed E-state index contributed by atoms with van der Waals surface area (Å²) >= 11 is 0. The van der Waals surface area contributed by atoms with Crippen LogP contribution in [0.2, 0.25) is 0 Å². The fourth-order valence-electron chi connectivity index (χ4n) is 1.24. The van der Waals surface area contributed by atoms with Crippen molar-refractivity contribution in [3.05, 3.63) is 35.9 Å². The van der Waals surface area contributed by atoms with E-state index < -0.39 is 5.41 Å². The molecule has 2 heteroatoms. The van der Waals surface area contributed by atoms with Crippen molar-refractivity contribution < 1.29 is 0 Å². The molecule has 1 aromatic rings. The Morgan fingerprint density at radius 2 is 1.69 bits per heavy atom. The minimum atomic E-state index is -0.971. The smallest absolute Gasteiger partial charge is 0.168 e. The van der Waals surface area contributed by atoms with E-state index in [1.54, 1.807) is 0 Å². The molecule has 0 radical (unpaired) electrons. The first kappa shape index (κ1) is 9.29. The second-order valence-electron chi connectivity index (χ2n) is 2.85. The molecule has 0 unspecified atom stereocenters. The second kappa shape index (κ2) is 3.74.